The zero-order valence-corrected chi connectivity index (χ0v) is 20.1. The number of nitrogens with zero attached hydrogens (tertiary/aromatic N) is 3. The first kappa shape index (κ1) is 21.6. The highest BCUT2D eigenvalue weighted by Gasteiger charge is 2.41. The largest absolute Gasteiger partial charge is 0.352 e. The van der Waals surface area contributed by atoms with Gasteiger partial charge in [0.05, 0.1) is 17.8 Å². The molecule has 0 unspecified atom stereocenters. The molecule has 3 aromatic rings. The summed E-state index contributed by atoms with van der Waals surface area (Å²) in [6.07, 6.45) is 1.86. The van der Waals surface area contributed by atoms with E-state index in [9.17, 15) is 0 Å². The molecule has 1 aliphatic rings. The standard InChI is InChI=1S/C26H32N4S/c1-16(2)15-29-25(24(28-26(29)31)22-9-7-8-12-27-22)21-14-19(5)30(20(21)6)23-13-17(3)10-11-18(23)4/h7-14,16,24-25H,15H2,1-6H3,(H,28,31)/t24-,25+/m1/s1. The topological polar surface area (TPSA) is 33.1 Å². The average molecular weight is 433 g/mol. The minimum atomic E-state index is 0.0278. The monoisotopic (exact) mass is 432 g/mol. The maximum absolute atomic E-state index is 5.81. The number of benzene rings is 1. The predicted molar refractivity (Wildman–Crippen MR) is 132 cm³/mol. The van der Waals surface area contributed by atoms with Crippen molar-refractivity contribution in [3.05, 3.63) is 82.4 Å². The van der Waals surface area contributed by atoms with Crippen molar-refractivity contribution in [1.29, 1.82) is 0 Å². The van der Waals surface area contributed by atoms with Gasteiger partial charge in [-0.1, -0.05) is 32.0 Å². The Balaban J connectivity index is 1.86. The normalized spacial score (nSPS) is 18.7. The van der Waals surface area contributed by atoms with Crippen LogP contribution in [0, 0.1) is 33.6 Å². The SMILES string of the molecule is Cc1ccc(C)c(-n2c(C)cc([C@H]3[C@@H](c4ccccn4)NC(=S)N3CC(C)C)c2C)c1. The van der Waals surface area contributed by atoms with Crippen molar-refractivity contribution in [2.24, 2.45) is 5.92 Å². The van der Waals surface area contributed by atoms with Crippen LogP contribution >= 0.6 is 12.2 Å². The van der Waals surface area contributed by atoms with Gasteiger partial charge in [0.15, 0.2) is 5.11 Å². The second-order valence-electron chi connectivity index (χ2n) is 9.12. The lowest BCUT2D eigenvalue weighted by molar-refractivity contribution is 0.287. The summed E-state index contributed by atoms with van der Waals surface area (Å²) in [6.45, 7) is 14.2. The number of rotatable bonds is 5. The van der Waals surface area contributed by atoms with E-state index in [-0.39, 0.29) is 12.1 Å². The summed E-state index contributed by atoms with van der Waals surface area (Å²) in [5.41, 5.74) is 8.63. The van der Waals surface area contributed by atoms with E-state index in [1.807, 2.05) is 12.3 Å². The molecule has 162 valence electrons. The molecule has 0 bridgehead atoms. The summed E-state index contributed by atoms with van der Waals surface area (Å²) in [5.74, 6) is 0.507. The first-order valence-corrected chi connectivity index (χ1v) is 11.4. The maximum atomic E-state index is 5.81. The molecular formula is C26H32N4S. The highest BCUT2D eigenvalue weighted by atomic mass is 32.1. The Hall–Kier alpha value is -2.66. The lowest BCUT2D eigenvalue weighted by Gasteiger charge is -2.29. The van der Waals surface area contributed by atoms with Gasteiger partial charge in [-0.3, -0.25) is 4.98 Å². The molecule has 0 radical (unpaired) electrons. The minimum Gasteiger partial charge on any atom is -0.352 e. The fourth-order valence-corrected chi connectivity index (χ4v) is 5.07. The summed E-state index contributed by atoms with van der Waals surface area (Å²) in [6, 6.07) is 15.2. The third kappa shape index (κ3) is 3.99. The lowest BCUT2D eigenvalue weighted by Crippen LogP contribution is -2.33. The van der Waals surface area contributed by atoms with E-state index >= 15 is 0 Å². The fraction of sp³-hybridized carbons (Fsp3) is 0.385. The molecule has 0 aliphatic carbocycles. The minimum absolute atomic E-state index is 0.0278. The molecule has 2 atom stereocenters. The molecule has 4 rings (SSSR count). The Bertz CT molecular complexity index is 1100. The average Bonchev–Trinajstić information content (AvgIpc) is 3.20. The molecule has 1 fully saturated rings. The number of pyridine rings is 1. The molecule has 1 aliphatic heterocycles. The van der Waals surface area contributed by atoms with Crippen LogP contribution in [0.15, 0.2) is 48.7 Å². The summed E-state index contributed by atoms with van der Waals surface area (Å²) in [4.78, 5) is 7.03. The molecule has 3 heterocycles. The zero-order valence-electron chi connectivity index (χ0n) is 19.3. The van der Waals surface area contributed by atoms with Crippen molar-refractivity contribution in [3.63, 3.8) is 0 Å². The van der Waals surface area contributed by atoms with E-state index in [1.165, 1.54) is 33.8 Å². The van der Waals surface area contributed by atoms with E-state index in [0.717, 1.165) is 17.4 Å². The van der Waals surface area contributed by atoms with Gasteiger partial charge in [-0.2, -0.15) is 0 Å². The van der Waals surface area contributed by atoms with Gasteiger partial charge in [-0.25, -0.2) is 0 Å². The number of aromatic nitrogens is 2. The van der Waals surface area contributed by atoms with Gasteiger partial charge < -0.3 is 14.8 Å². The Labute approximate surface area is 191 Å². The van der Waals surface area contributed by atoms with Gasteiger partial charge >= 0.3 is 0 Å². The molecule has 4 nitrogen and oxygen atoms in total. The first-order chi connectivity index (χ1) is 14.8. The Morgan fingerprint density at radius 1 is 1.06 bits per heavy atom. The summed E-state index contributed by atoms with van der Waals surface area (Å²) >= 11 is 5.81. The Morgan fingerprint density at radius 3 is 2.52 bits per heavy atom. The lowest BCUT2D eigenvalue weighted by atomic mass is 9.96. The van der Waals surface area contributed by atoms with Gasteiger partial charge in [-0.15, -0.1) is 0 Å². The van der Waals surface area contributed by atoms with Crippen molar-refractivity contribution in [1.82, 2.24) is 19.8 Å². The van der Waals surface area contributed by atoms with Crippen LogP contribution in [0.3, 0.4) is 0 Å². The number of aryl methyl sites for hydroxylation is 3. The van der Waals surface area contributed by atoms with Gasteiger partial charge in [0.25, 0.3) is 0 Å². The van der Waals surface area contributed by atoms with Crippen LogP contribution in [0.5, 0.6) is 0 Å². The van der Waals surface area contributed by atoms with Crippen molar-refractivity contribution < 1.29 is 0 Å². The number of nitrogens with one attached hydrogen (secondary N) is 1. The molecular weight excluding hydrogens is 400 g/mol. The van der Waals surface area contributed by atoms with Crippen LogP contribution in [0.25, 0.3) is 5.69 Å². The van der Waals surface area contributed by atoms with E-state index in [4.69, 9.17) is 12.2 Å². The highest BCUT2D eigenvalue weighted by molar-refractivity contribution is 7.80. The van der Waals surface area contributed by atoms with Crippen LogP contribution in [0.2, 0.25) is 0 Å². The van der Waals surface area contributed by atoms with Crippen molar-refractivity contribution in [2.75, 3.05) is 6.54 Å². The smallest absolute Gasteiger partial charge is 0.170 e. The molecule has 1 N–H and O–H groups in total. The van der Waals surface area contributed by atoms with E-state index in [0.29, 0.717) is 5.92 Å². The van der Waals surface area contributed by atoms with Crippen molar-refractivity contribution in [2.45, 2.75) is 53.6 Å². The molecule has 0 amide bonds. The first-order valence-electron chi connectivity index (χ1n) is 11.0. The van der Waals surface area contributed by atoms with Gasteiger partial charge in [-0.05, 0) is 86.8 Å². The zero-order chi connectivity index (χ0) is 22.3. The quantitative estimate of drug-likeness (QED) is 0.522. The Kier molecular flexibility index (Phi) is 5.89. The third-order valence-electron chi connectivity index (χ3n) is 6.15. The number of hydrogen-bond donors (Lipinski definition) is 1. The van der Waals surface area contributed by atoms with Crippen molar-refractivity contribution >= 4 is 17.3 Å². The van der Waals surface area contributed by atoms with Crippen LogP contribution in [0.1, 0.15) is 59.7 Å². The van der Waals surface area contributed by atoms with Gasteiger partial charge in [0.1, 0.15) is 0 Å². The van der Waals surface area contributed by atoms with Crippen LogP contribution in [-0.4, -0.2) is 26.1 Å². The fourth-order valence-electron chi connectivity index (χ4n) is 4.75. The molecule has 31 heavy (non-hydrogen) atoms. The summed E-state index contributed by atoms with van der Waals surface area (Å²) < 4.78 is 2.39. The van der Waals surface area contributed by atoms with Crippen LogP contribution in [0.4, 0.5) is 0 Å². The van der Waals surface area contributed by atoms with Gasteiger partial charge in [0, 0.05) is 29.8 Å². The molecule has 2 aromatic heterocycles. The summed E-state index contributed by atoms with van der Waals surface area (Å²) in [5, 5.41) is 4.39. The third-order valence-corrected chi connectivity index (χ3v) is 6.51. The molecule has 1 saturated heterocycles. The van der Waals surface area contributed by atoms with E-state index in [2.05, 4.69) is 97.7 Å². The summed E-state index contributed by atoms with van der Waals surface area (Å²) in [7, 11) is 0. The molecule has 0 spiro atoms. The van der Waals surface area contributed by atoms with Crippen LogP contribution < -0.4 is 5.32 Å². The van der Waals surface area contributed by atoms with E-state index in [1.54, 1.807) is 0 Å². The highest BCUT2D eigenvalue weighted by Crippen LogP contribution is 2.41. The predicted octanol–water partition coefficient (Wildman–Crippen LogP) is 5.73. The number of thiocarbonyl (C=S) groups is 1. The second kappa shape index (κ2) is 8.46. The van der Waals surface area contributed by atoms with Crippen LogP contribution in [-0.2, 0) is 0 Å². The Morgan fingerprint density at radius 2 is 1.84 bits per heavy atom. The van der Waals surface area contributed by atoms with Crippen molar-refractivity contribution in [3.8, 4) is 5.69 Å². The second-order valence-corrected chi connectivity index (χ2v) is 9.51. The van der Waals surface area contributed by atoms with E-state index < -0.39 is 0 Å². The molecule has 1 aromatic carbocycles. The van der Waals surface area contributed by atoms with Gasteiger partial charge in [0.2, 0.25) is 0 Å². The molecule has 0 saturated carbocycles. The molecule has 5 heteroatoms. The maximum Gasteiger partial charge on any atom is 0.170 e. The number of hydrogen-bond acceptors (Lipinski definition) is 2.